The Balaban J connectivity index is 3.66. The van der Waals surface area contributed by atoms with E-state index in [9.17, 15) is 4.39 Å². The molecule has 0 saturated carbocycles. The van der Waals surface area contributed by atoms with Crippen molar-refractivity contribution in [2.24, 2.45) is 5.92 Å². The minimum Gasteiger partial charge on any atom is -0.250 e. The van der Waals surface area contributed by atoms with E-state index in [2.05, 4.69) is 0 Å². The summed E-state index contributed by atoms with van der Waals surface area (Å²) in [4.78, 5) is 0. The molecule has 0 amide bonds. The molecule has 0 aliphatic heterocycles. The topological polar surface area (TPSA) is 0 Å². The average Bonchev–Trinajstić information content (AvgIpc) is 1.87. The Morgan fingerprint density at radius 1 is 1.50 bits per heavy atom. The van der Waals surface area contributed by atoms with Gasteiger partial charge in [-0.2, -0.15) is 0 Å². The van der Waals surface area contributed by atoms with Crippen LogP contribution < -0.4 is 0 Å². The smallest absolute Gasteiger partial charge is 0.0954 e. The first-order valence-electron chi connectivity index (χ1n) is 3.54. The summed E-state index contributed by atoms with van der Waals surface area (Å²) in [5, 5.41) is 0. The molecule has 0 aliphatic carbocycles. The summed E-state index contributed by atoms with van der Waals surface area (Å²) in [5.41, 5.74) is 1.24. The van der Waals surface area contributed by atoms with E-state index in [4.69, 9.17) is 0 Å². The molecule has 0 aromatic heterocycles. The van der Waals surface area contributed by atoms with Gasteiger partial charge in [0.1, 0.15) is 0 Å². The van der Waals surface area contributed by atoms with Gasteiger partial charge in [0, 0.05) is 5.92 Å². The van der Waals surface area contributed by atoms with Gasteiger partial charge in [-0.25, -0.2) is 0 Å². The summed E-state index contributed by atoms with van der Waals surface area (Å²) in [6, 6.07) is 0. The summed E-state index contributed by atoms with van der Waals surface area (Å²) in [5.74, 6) is 0.0515. The van der Waals surface area contributed by atoms with Crippen molar-refractivity contribution in [3.05, 3.63) is 23.8 Å². The van der Waals surface area contributed by atoms with Crippen LogP contribution in [0.5, 0.6) is 0 Å². The van der Waals surface area contributed by atoms with Crippen molar-refractivity contribution in [1.29, 1.82) is 0 Å². The van der Waals surface area contributed by atoms with Gasteiger partial charge in [0.2, 0.25) is 0 Å². The van der Waals surface area contributed by atoms with Crippen LogP contribution in [0.25, 0.3) is 0 Å². The van der Waals surface area contributed by atoms with Gasteiger partial charge in [0.05, 0.1) is 6.67 Å². The van der Waals surface area contributed by atoms with Crippen LogP contribution in [-0.4, -0.2) is 6.67 Å². The van der Waals surface area contributed by atoms with Crippen LogP contribution in [-0.2, 0) is 0 Å². The maximum atomic E-state index is 11.8. The van der Waals surface area contributed by atoms with Gasteiger partial charge in [-0.1, -0.05) is 30.7 Å². The number of halogens is 1. The van der Waals surface area contributed by atoms with E-state index >= 15 is 0 Å². The lowest BCUT2D eigenvalue weighted by atomic mass is 10.2. The van der Waals surface area contributed by atoms with Crippen LogP contribution in [0.3, 0.4) is 0 Å². The van der Waals surface area contributed by atoms with E-state index in [1.807, 2.05) is 39.0 Å². The van der Waals surface area contributed by atoms with E-state index in [0.717, 1.165) is 0 Å². The lowest BCUT2D eigenvalue weighted by Gasteiger charge is -1.94. The fourth-order valence-electron chi connectivity index (χ4n) is 0.489. The number of alkyl halides is 1. The van der Waals surface area contributed by atoms with Crippen LogP contribution in [0.4, 0.5) is 4.39 Å². The van der Waals surface area contributed by atoms with E-state index in [0.29, 0.717) is 0 Å². The first-order chi connectivity index (χ1) is 4.66. The number of hydrogen-bond acceptors (Lipinski definition) is 0. The third-order valence-electron chi connectivity index (χ3n) is 1.11. The lowest BCUT2D eigenvalue weighted by molar-refractivity contribution is 0.430. The Kier molecular flexibility index (Phi) is 4.91. The second kappa shape index (κ2) is 5.21. The Morgan fingerprint density at radius 3 is 2.50 bits per heavy atom. The molecule has 0 radical (unpaired) electrons. The fraction of sp³-hybridized carbons (Fsp3) is 0.556. The van der Waals surface area contributed by atoms with Crippen LogP contribution in [0, 0.1) is 5.92 Å². The number of allylic oxidation sites excluding steroid dienone is 4. The van der Waals surface area contributed by atoms with Gasteiger partial charge in [-0.15, -0.1) is 0 Å². The number of rotatable bonds is 3. The zero-order valence-electron chi connectivity index (χ0n) is 6.89. The molecular formula is C9H15F. The van der Waals surface area contributed by atoms with Gasteiger partial charge in [0.25, 0.3) is 0 Å². The predicted molar refractivity (Wildman–Crippen MR) is 43.7 cm³/mol. The molecule has 1 unspecified atom stereocenters. The molecule has 0 aromatic carbocycles. The van der Waals surface area contributed by atoms with Gasteiger partial charge < -0.3 is 0 Å². The highest BCUT2D eigenvalue weighted by atomic mass is 19.1. The van der Waals surface area contributed by atoms with Gasteiger partial charge in [-0.3, -0.25) is 4.39 Å². The fourth-order valence-corrected chi connectivity index (χ4v) is 0.489. The highest BCUT2D eigenvalue weighted by Crippen LogP contribution is 1.98. The highest BCUT2D eigenvalue weighted by molar-refractivity contribution is 5.08. The van der Waals surface area contributed by atoms with E-state index in [1.165, 1.54) is 5.57 Å². The standard InChI is InChI=1S/C9H15F/c1-8(2)5-4-6-9(3)7-10/h4-6,9H,7H2,1-3H3/b6-4-. The van der Waals surface area contributed by atoms with Gasteiger partial charge in [0.15, 0.2) is 0 Å². The Bertz CT molecular complexity index is 130. The van der Waals surface area contributed by atoms with Crippen molar-refractivity contribution < 1.29 is 4.39 Å². The molecule has 0 aliphatic rings. The lowest BCUT2D eigenvalue weighted by Crippen LogP contribution is -1.89. The molecule has 0 saturated heterocycles. The Hall–Kier alpha value is -0.590. The molecule has 58 valence electrons. The summed E-state index contributed by atoms with van der Waals surface area (Å²) in [6.07, 6.45) is 5.75. The second-order valence-electron chi connectivity index (χ2n) is 2.76. The average molecular weight is 142 g/mol. The maximum Gasteiger partial charge on any atom is 0.0954 e. The molecule has 10 heavy (non-hydrogen) atoms. The quantitative estimate of drug-likeness (QED) is 0.531. The van der Waals surface area contributed by atoms with E-state index in [1.54, 1.807) is 0 Å². The molecule has 0 nitrogen and oxygen atoms in total. The van der Waals surface area contributed by atoms with Crippen LogP contribution in [0.1, 0.15) is 20.8 Å². The molecular weight excluding hydrogens is 127 g/mol. The Morgan fingerprint density at radius 2 is 2.10 bits per heavy atom. The number of hydrogen-bond donors (Lipinski definition) is 0. The highest BCUT2D eigenvalue weighted by Gasteiger charge is 1.90. The molecule has 1 atom stereocenters. The predicted octanol–water partition coefficient (Wildman–Crippen LogP) is 3.11. The summed E-state index contributed by atoms with van der Waals surface area (Å²) in [7, 11) is 0. The first kappa shape index (κ1) is 9.41. The molecule has 0 heterocycles. The summed E-state index contributed by atoms with van der Waals surface area (Å²) >= 11 is 0. The van der Waals surface area contributed by atoms with Crippen molar-refractivity contribution >= 4 is 0 Å². The van der Waals surface area contributed by atoms with E-state index < -0.39 is 0 Å². The monoisotopic (exact) mass is 142 g/mol. The van der Waals surface area contributed by atoms with Crippen molar-refractivity contribution in [2.45, 2.75) is 20.8 Å². The second-order valence-corrected chi connectivity index (χ2v) is 2.76. The molecule has 1 heteroatoms. The third-order valence-corrected chi connectivity index (χ3v) is 1.11. The van der Waals surface area contributed by atoms with Crippen molar-refractivity contribution in [2.75, 3.05) is 6.67 Å². The normalized spacial score (nSPS) is 13.6. The summed E-state index contributed by atoms with van der Waals surface area (Å²) in [6.45, 7) is 5.62. The summed E-state index contributed by atoms with van der Waals surface area (Å²) < 4.78 is 11.8. The van der Waals surface area contributed by atoms with Gasteiger partial charge >= 0.3 is 0 Å². The van der Waals surface area contributed by atoms with Crippen molar-refractivity contribution in [1.82, 2.24) is 0 Å². The zero-order valence-corrected chi connectivity index (χ0v) is 6.89. The zero-order chi connectivity index (χ0) is 7.98. The molecule has 0 rings (SSSR count). The minimum absolute atomic E-state index is 0.0515. The SMILES string of the molecule is CC(C)=C/C=C\C(C)CF. The van der Waals surface area contributed by atoms with Gasteiger partial charge in [-0.05, 0) is 13.8 Å². The molecule has 0 spiro atoms. The largest absolute Gasteiger partial charge is 0.250 e. The molecule has 0 fully saturated rings. The Labute approximate surface area is 62.4 Å². The minimum atomic E-state index is -0.271. The van der Waals surface area contributed by atoms with Crippen molar-refractivity contribution in [3.63, 3.8) is 0 Å². The molecule has 0 bridgehead atoms. The van der Waals surface area contributed by atoms with Crippen LogP contribution >= 0.6 is 0 Å². The molecule has 0 aromatic rings. The van der Waals surface area contributed by atoms with E-state index in [-0.39, 0.29) is 12.6 Å². The first-order valence-corrected chi connectivity index (χ1v) is 3.54. The van der Waals surface area contributed by atoms with Crippen LogP contribution in [0.15, 0.2) is 23.8 Å². The van der Waals surface area contributed by atoms with Crippen molar-refractivity contribution in [3.8, 4) is 0 Å². The molecule has 0 N–H and O–H groups in total. The third kappa shape index (κ3) is 5.54. The van der Waals surface area contributed by atoms with Crippen LogP contribution in [0.2, 0.25) is 0 Å². The maximum absolute atomic E-state index is 11.8.